The molecule has 3 aromatic carbocycles. The van der Waals surface area contributed by atoms with Gasteiger partial charge in [0.2, 0.25) is 112 Å². The van der Waals surface area contributed by atoms with E-state index in [1.807, 2.05) is 5.32 Å². The molecule has 0 spiro atoms. The minimum Gasteiger partial charge on any atom is -0.508 e. The van der Waals surface area contributed by atoms with Gasteiger partial charge in [0.15, 0.2) is 0 Å². The van der Waals surface area contributed by atoms with Crippen LogP contribution in [0.3, 0.4) is 0 Å². The average Bonchev–Trinajstić information content (AvgIpc) is 0.824. The predicted molar refractivity (Wildman–Crippen MR) is 530 cm³/mol. The number of aliphatic hydroxyl groups is 4. The molecule has 0 heterocycles. The molecule has 0 saturated heterocycles. The standard InChI is InChI=1S/C96H145N21O33/c1-14-47(5)73(88(143)101-49(7)77(132)103-60(92(147)148)32-34-68(99)124)113-80(135)58(23-19-20-36-97)102-83(138)64(41-71(128)129)105-81(136)61(37-46(3)4)111-94(150)96(12,13)117-91(146)74(48(6)15-2)114-87(142)67(45-119)108-82(137)62(40-54-26-30-56(123)31-27-54)104-84(139)65(42-72(130)131)106-86(141)66(44-118)109-90(145)76(51(9)121)115-85(140)63(39-52-21-17-16-18-22-52)107-89(144)75(50(8)120)112-69(125)43-100-79(134)59(33-35-70(126)127)110-93(149)95(10,11)116-78(133)57(98)38-53-24-28-55(122)29-25-53/h16-18,21-22,24-31,46-51,57-67,73-76,118-123H,14-15,19-20,23,32-45,97-98H2,1-13H3,(H2,99,124)(H,100,134)(H,101,143)(H,102,138)(H,103,132)(H,104,139)(H,105,136)(H,106,141)(H,107,144)(H,108,137)(H,109,145)(H,110,149)(H,111,150)(H,112,125)(H,113,135)(H,114,142)(H,115,140)(H,116,133)(H,117,146)(H,126,127)(H,128,129)(H,130,131)(H,147,148)/t47-,48-,49-,50+,51+,57-,58-,59-,60-,61-,62-,63-,64-,65-,66-,67-,73-,74-,75-,76-/m0/s1. The fraction of sp³-hybridized carbons (Fsp3) is 0.573. The van der Waals surface area contributed by atoms with Crippen LogP contribution in [0, 0.1) is 17.8 Å². The van der Waals surface area contributed by atoms with Gasteiger partial charge in [-0.15, -0.1) is 0 Å². The Labute approximate surface area is 864 Å². The summed E-state index contributed by atoms with van der Waals surface area (Å²) in [5.41, 5.74) is 14.2. The summed E-state index contributed by atoms with van der Waals surface area (Å²) in [5.74, 6) is -30.7. The number of aromatic hydroxyl groups is 2. The van der Waals surface area contributed by atoms with Gasteiger partial charge in [-0.1, -0.05) is 109 Å². The molecule has 0 fully saturated rings. The molecule has 3 rings (SSSR count). The van der Waals surface area contributed by atoms with Gasteiger partial charge in [0.1, 0.15) is 113 Å². The number of rotatable bonds is 67. The molecule has 0 radical (unpaired) electrons. The smallest absolute Gasteiger partial charge is 0.326 e. The zero-order valence-corrected chi connectivity index (χ0v) is 85.7. The van der Waals surface area contributed by atoms with E-state index in [-0.39, 0.29) is 68.6 Å². The van der Waals surface area contributed by atoms with Crippen LogP contribution in [0.25, 0.3) is 0 Å². The second-order valence-corrected chi connectivity index (χ2v) is 37.8. The number of carbonyl (C=O) groups is 23. The highest BCUT2D eigenvalue weighted by atomic mass is 16.4. The number of amides is 19. The molecule has 0 aromatic heterocycles. The minimum atomic E-state index is -2.26. The fourth-order valence-electron chi connectivity index (χ4n) is 14.4. The van der Waals surface area contributed by atoms with E-state index < -0.39 is 339 Å². The van der Waals surface area contributed by atoms with Gasteiger partial charge in [0.05, 0.1) is 50.8 Å². The van der Waals surface area contributed by atoms with E-state index in [0.717, 1.165) is 26.0 Å². The van der Waals surface area contributed by atoms with Crippen LogP contribution < -0.4 is 113 Å². The summed E-state index contributed by atoms with van der Waals surface area (Å²) in [6, 6.07) is -10.2. The molecule has 34 N–H and O–H groups in total. The van der Waals surface area contributed by atoms with Gasteiger partial charge in [-0.05, 0) is 159 Å². The number of primary amides is 1. The zero-order chi connectivity index (χ0) is 114. The number of aliphatic carboxylic acids is 4. The van der Waals surface area contributed by atoms with Crippen LogP contribution in [0.5, 0.6) is 11.5 Å². The number of unbranched alkanes of at least 4 members (excludes halogenated alkanes) is 1. The number of carbonyl (C=O) groups excluding carboxylic acids is 19. The van der Waals surface area contributed by atoms with Crippen molar-refractivity contribution in [1.29, 1.82) is 0 Å². The maximum Gasteiger partial charge on any atom is 0.326 e. The first-order chi connectivity index (χ1) is 70.1. The Hall–Kier alpha value is -15.2. The number of benzene rings is 3. The molecular weight excluding hydrogens is 1980 g/mol. The molecule has 19 amide bonds. The fourth-order valence-corrected chi connectivity index (χ4v) is 14.4. The second kappa shape index (κ2) is 62.8. The summed E-state index contributed by atoms with van der Waals surface area (Å²) < 4.78 is 0. The quantitative estimate of drug-likeness (QED) is 0.0233. The summed E-state index contributed by atoms with van der Waals surface area (Å²) in [4.78, 5) is 313. The van der Waals surface area contributed by atoms with Crippen molar-refractivity contribution in [2.45, 2.75) is 306 Å². The Morgan fingerprint density at radius 3 is 1.16 bits per heavy atom. The Morgan fingerprint density at radius 2 is 0.713 bits per heavy atom. The van der Waals surface area contributed by atoms with Gasteiger partial charge >= 0.3 is 23.9 Å². The number of nitrogens with one attached hydrogen (secondary N) is 18. The Balaban J connectivity index is 1.88. The topological polar surface area (TPSA) is 890 Å². The molecule has 54 nitrogen and oxygen atoms in total. The number of carboxylic acids is 4. The molecule has 0 aliphatic rings. The van der Waals surface area contributed by atoms with E-state index in [2.05, 4.69) is 90.4 Å². The van der Waals surface area contributed by atoms with Crippen molar-refractivity contribution in [1.82, 2.24) is 95.7 Å². The van der Waals surface area contributed by atoms with E-state index in [1.54, 1.807) is 40.7 Å². The number of phenols is 2. The van der Waals surface area contributed by atoms with Gasteiger partial charge in [0, 0.05) is 25.7 Å². The number of hydrogen-bond donors (Lipinski definition) is 31. The van der Waals surface area contributed by atoms with Gasteiger partial charge in [-0.2, -0.15) is 0 Å². The van der Waals surface area contributed by atoms with Crippen molar-refractivity contribution in [2.24, 2.45) is 35.0 Å². The minimum absolute atomic E-state index is 0.0250. The number of carboxylic acid groups (broad SMARTS) is 4. The van der Waals surface area contributed by atoms with Crippen molar-refractivity contribution in [3.8, 4) is 11.5 Å². The first-order valence-electron chi connectivity index (χ1n) is 48.4. The summed E-state index contributed by atoms with van der Waals surface area (Å²) in [6.07, 6.45) is -8.85. The molecule has 0 unspecified atom stereocenters. The summed E-state index contributed by atoms with van der Waals surface area (Å²) >= 11 is 0. The lowest BCUT2D eigenvalue weighted by Crippen LogP contribution is -2.64. The molecule has 54 heteroatoms. The predicted octanol–water partition coefficient (Wildman–Crippen LogP) is -8.17. The molecule has 0 bridgehead atoms. The molecule has 0 saturated carbocycles. The van der Waals surface area contributed by atoms with Crippen molar-refractivity contribution >= 4 is 136 Å². The Kier molecular flexibility index (Phi) is 54.0. The number of aliphatic hydroxyl groups excluding tert-OH is 4. The van der Waals surface area contributed by atoms with Gasteiger partial charge < -0.3 is 164 Å². The maximum absolute atomic E-state index is 14.6. The SMILES string of the molecule is CC[C@H](C)[C@H](NC(=O)[C@H](CCCCN)NC(=O)[C@H](CC(=O)O)NC(=O)[C@H](CC(C)C)NC(=O)C(C)(C)NC(=O)[C@@H](NC(=O)[C@H](CO)NC(=O)[C@H](Cc1ccc(O)cc1)NC(=O)[C@H](CC(=O)O)NC(=O)[C@H](CO)NC(=O)[C@@H](NC(=O)[C@H](Cc1ccccc1)NC(=O)[C@@H](NC(=O)CNC(=O)[C@H](CCC(=O)O)NC(=O)C(C)(C)NC(=O)[C@@H](N)Cc1ccc(O)cc1)[C@@H](C)O)[C@@H](C)O)[C@@H](C)CC)C(=O)N[C@@H](C)C(=O)N[C@@H](CCC(N)=O)C(=O)O. The van der Waals surface area contributed by atoms with E-state index in [0.29, 0.717) is 17.5 Å². The summed E-state index contributed by atoms with van der Waals surface area (Å²) in [7, 11) is 0. The van der Waals surface area contributed by atoms with E-state index in [4.69, 9.17) is 17.2 Å². The van der Waals surface area contributed by atoms with Gasteiger partial charge in [-0.25, -0.2) is 4.79 Å². The zero-order valence-electron chi connectivity index (χ0n) is 85.7. The highest BCUT2D eigenvalue weighted by molar-refractivity contribution is 6.03. The van der Waals surface area contributed by atoms with Crippen LogP contribution in [0.2, 0.25) is 0 Å². The van der Waals surface area contributed by atoms with Crippen LogP contribution in [0.1, 0.15) is 184 Å². The van der Waals surface area contributed by atoms with Crippen LogP contribution >= 0.6 is 0 Å². The monoisotopic (exact) mass is 2120 g/mol. The van der Waals surface area contributed by atoms with Crippen LogP contribution in [0.15, 0.2) is 78.9 Å². The summed E-state index contributed by atoms with van der Waals surface area (Å²) in [6.45, 7) is 14.1. The largest absolute Gasteiger partial charge is 0.508 e. The van der Waals surface area contributed by atoms with Crippen molar-refractivity contribution in [3.05, 3.63) is 95.6 Å². The number of nitrogens with two attached hydrogens (primary N) is 3. The van der Waals surface area contributed by atoms with Crippen LogP contribution in [-0.2, 0) is 130 Å². The molecule has 3 aromatic rings. The molecule has 0 aliphatic carbocycles. The number of phenolic OH excluding ortho intramolecular Hbond substituents is 2. The van der Waals surface area contributed by atoms with Gasteiger partial charge in [0.25, 0.3) is 0 Å². The molecular formula is C96H145N21O33. The Morgan fingerprint density at radius 1 is 0.353 bits per heavy atom. The third-order valence-corrected chi connectivity index (χ3v) is 23.7. The van der Waals surface area contributed by atoms with E-state index in [9.17, 15) is 161 Å². The van der Waals surface area contributed by atoms with Crippen LogP contribution in [0.4, 0.5) is 0 Å². The molecule has 832 valence electrons. The molecule has 150 heavy (non-hydrogen) atoms. The first kappa shape index (κ1) is 129. The average molecular weight is 2120 g/mol. The van der Waals surface area contributed by atoms with Crippen molar-refractivity contribution in [2.75, 3.05) is 26.3 Å². The normalized spacial score (nSPS) is 15.3. The first-order valence-corrected chi connectivity index (χ1v) is 48.4. The third kappa shape index (κ3) is 44.9. The van der Waals surface area contributed by atoms with Gasteiger partial charge in [-0.3, -0.25) is 105 Å². The van der Waals surface area contributed by atoms with Crippen LogP contribution in [-0.4, -0.2) is 333 Å². The lowest BCUT2D eigenvalue weighted by molar-refractivity contribution is -0.143. The van der Waals surface area contributed by atoms with E-state index in [1.165, 1.54) is 102 Å². The van der Waals surface area contributed by atoms with E-state index >= 15 is 0 Å². The lowest BCUT2D eigenvalue weighted by Gasteiger charge is -2.32. The summed E-state index contributed by atoms with van der Waals surface area (Å²) in [5, 5.41) is 144. The highest BCUT2D eigenvalue weighted by Gasteiger charge is 2.44. The molecule has 0 aliphatic heterocycles. The lowest BCUT2D eigenvalue weighted by atomic mass is 9.95. The highest BCUT2D eigenvalue weighted by Crippen LogP contribution is 2.21. The number of hydrogen-bond acceptors (Lipinski definition) is 31. The second-order valence-electron chi connectivity index (χ2n) is 37.8. The van der Waals surface area contributed by atoms with Crippen molar-refractivity contribution in [3.63, 3.8) is 0 Å². The maximum atomic E-state index is 14.6. The Bertz CT molecular complexity index is 5170. The molecule has 20 atom stereocenters. The third-order valence-electron chi connectivity index (χ3n) is 23.7. The van der Waals surface area contributed by atoms with Crippen molar-refractivity contribution < 1.29 is 161 Å².